The Morgan fingerprint density at radius 1 is 1.38 bits per heavy atom. The Morgan fingerprint density at radius 2 is 2.14 bits per heavy atom. The molecule has 2 N–H and O–H groups in total. The van der Waals surface area contributed by atoms with Gasteiger partial charge in [0.25, 0.3) is 5.91 Å². The maximum atomic E-state index is 13.4. The lowest BCUT2D eigenvalue weighted by Crippen LogP contribution is -2.41. The monoisotopic (exact) mass is 295 g/mol. The second-order valence-electron chi connectivity index (χ2n) is 5.51. The summed E-state index contributed by atoms with van der Waals surface area (Å²) in [5, 5.41) is 12.4. The van der Waals surface area contributed by atoms with Crippen LogP contribution in [0.25, 0.3) is 0 Å². The van der Waals surface area contributed by atoms with Crippen molar-refractivity contribution < 1.29 is 19.0 Å². The Bertz CT molecular complexity index is 492. The summed E-state index contributed by atoms with van der Waals surface area (Å²) in [7, 11) is 1.37. The highest BCUT2D eigenvalue weighted by Gasteiger charge is 2.25. The number of aliphatic hydroxyl groups is 1. The zero-order valence-electron chi connectivity index (χ0n) is 12.3. The third-order valence-electron chi connectivity index (χ3n) is 4.12. The summed E-state index contributed by atoms with van der Waals surface area (Å²) in [5.41, 5.74) is 0.370. The average Bonchev–Trinajstić information content (AvgIpc) is 2.72. The number of rotatable bonds is 4. The lowest BCUT2D eigenvalue weighted by Gasteiger charge is -2.24. The van der Waals surface area contributed by atoms with Crippen LogP contribution in [0, 0.1) is 11.7 Å². The van der Waals surface area contributed by atoms with Gasteiger partial charge in [0, 0.05) is 24.1 Å². The van der Waals surface area contributed by atoms with Gasteiger partial charge in [-0.25, -0.2) is 4.39 Å². The van der Waals surface area contributed by atoms with Gasteiger partial charge in [-0.3, -0.25) is 4.79 Å². The maximum absolute atomic E-state index is 13.4. The number of methoxy groups -OCH3 is 1. The molecular formula is C16H22FNO3. The zero-order chi connectivity index (χ0) is 15.2. The molecule has 0 aliphatic heterocycles. The Balaban J connectivity index is 2.08. The third kappa shape index (κ3) is 3.94. The van der Waals surface area contributed by atoms with Gasteiger partial charge in [-0.05, 0) is 31.0 Å². The molecule has 0 radical (unpaired) electrons. The number of benzene rings is 1. The summed E-state index contributed by atoms with van der Waals surface area (Å²) in [6, 6.07) is 4.04. The van der Waals surface area contributed by atoms with E-state index >= 15 is 0 Å². The Labute approximate surface area is 124 Å². The number of ether oxygens (including phenoxy) is 1. The van der Waals surface area contributed by atoms with Gasteiger partial charge in [0.1, 0.15) is 0 Å². The van der Waals surface area contributed by atoms with Crippen LogP contribution in [0.2, 0.25) is 0 Å². The number of aliphatic hydroxyl groups excluding tert-OH is 1. The quantitative estimate of drug-likeness (QED) is 0.839. The molecule has 0 saturated heterocycles. The lowest BCUT2D eigenvalue weighted by atomic mass is 9.95. The first-order chi connectivity index (χ1) is 10.2. The molecule has 1 aliphatic carbocycles. The maximum Gasteiger partial charge on any atom is 0.251 e. The molecule has 0 heterocycles. The van der Waals surface area contributed by atoms with Gasteiger partial charge in [0.15, 0.2) is 11.6 Å². The first-order valence-electron chi connectivity index (χ1n) is 7.41. The molecule has 2 rings (SSSR count). The molecule has 0 unspecified atom stereocenters. The smallest absolute Gasteiger partial charge is 0.251 e. The van der Waals surface area contributed by atoms with Crippen molar-refractivity contribution in [2.75, 3.05) is 13.7 Å². The molecule has 1 aromatic rings. The standard InChI is InChI=1S/C16H22FNO3/c1-21-15-9-11(7-8-13(15)17)16(20)18-14-6-4-2-3-5-12(14)10-19/h7-9,12,14,19H,2-6,10H2,1H3,(H,18,20)/t12-,14-/m1/s1. The van der Waals surface area contributed by atoms with Crippen LogP contribution >= 0.6 is 0 Å². The minimum absolute atomic E-state index is 0.0268. The van der Waals surface area contributed by atoms with Gasteiger partial charge in [-0.2, -0.15) is 0 Å². The SMILES string of the molecule is COc1cc(C(=O)N[C@@H]2CCCCC[C@@H]2CO)ccc1F. The van der Waals surface area contributed by atoms with E-state index in [1.165, 1.54) is 25.3 Å². The van der Waals surface area contributed by atoms with Gasteiger partial charge in [0.05, 0.1) is 7.11 Å². The molecule has 1 aromatic carbocycles. The summed E-state index contributed by atoms with van der Waals surface area (Å²) in [6.07, 6.45) is 5.06. The van der Waals surface area contributed by atoms with Crippen molar-refractivity contribution >= 4 is 5.91 Å². The molecule has 1 saturated carbocycles. The lowest BCUT2D eigenvalue weighted by molar-refractivity contribution is 0.0899. The van der Waals surface area contributed by atoms with Crippen LogP contribution in [0.1, 0.15) is 42.5 Å². The van der Waals surface area contributed by atoms with E-state index in [1.54, 1.807) is 0 Å². The topological polar surface area (TPSA) is 58.6 Å². The van der Waals surface area contributed by atoms with Gasteiger partial charge in [-0.1, -0.05) is 19.3 Å². The minimum atomic E-state index is -0.489. The molecule has 4 nitrogen and oxygen atoms in total. The van der Waals surface area contributed by atoms with E-state index in [9.17, 15) is 14.3 Å². The number of amides is 1. The van der Waals surface area contributed by atoms with E-state index in [0.29, 0.717) is 5.56 Å². The molecule has 1 amide bonds. The Morgan fingerprint density at radius 3 is 2.86 bits per heavy atom. The fourth-order valence-electron chi connectivity index (χ4n) is 2.85. The number of carbonyl (C=O) groups excluding carboxylic acids is 1. The van der Waals surface area contributed by atoms with Crippen molar-refractivity contribution in [1.82, 2.24) is 5.32 Å². The van der Waals surface area contributed by atoms with Crippen molar-refractivity contribution in [3.8, 4) is 5.75 Å². The Hall–Kier alpha value is -1.62. The minimum Gasteiger partial charge on any atom is -0.494 e. The molecule has 0 bridgehead atoms. The highest BCUT2D eigenvalue weighted by Crippen LogP contribution is 2.24. The van der Waals surface area contributed by atoms with Crippen LogP contribution in [-0.4, -0.2) is 30.8 Å². The predicted octanol–water partition coefficient (Wildman–Crippen LogP) is 2.51. The van der Waals surface area contributed by atoms with Crippen LogP contribution in [0.4, 0.5) is 4.39 Å². The molecule has 0 aromatic heterocycles. The molecule has 2 atom stereocenters. The van der Waals surface area contributed by atoms with Gasteiger partial charge in [0.2, 0.25) is 0 Å². The first-order valence-corrected chi connectivity index (χ1v) is 7.41. The van der Waals surface area contributed by atoms with Crippen LogP contribution in [-0.2, 0) is 0 Å². The Kier molecular flexibility index (Phi) is 5.56. The summed E-state index contributed by atoms with van der Waals surface area (Å²) >= 11 is 0. The van der Waals surface area contributed by atoms with Crippen molar-refractivity contribution in [2.24, 2.45) is 5.92 Å². The first kappa shape index (κ1) is 15.8. The largest absolute Gasteiger partial charge is 0.494 e. The molecule has 21 heavy (non-hydrogen) atoms. The second kappa shape index (κ2) is 7.41. The molecule has 5 heteroatoms. The van der Waals surface area contributed by atoms with E-state index in [1.807, 2.05) is 0 Å². The highest BCUT2D eigenvalue weighted by molar-refractivity contribution is 5.94. The van der Waals surface area contributed by atoms with Crippen LogP contribution in [0.15, 0.2) is 18.2 Å². The molecule has 1 fully saturated rings. The molecule has 116 valence electrons. The number of nitrogens with one attached hydrogen (secondary N) is 1. The van der Waals surface area contributed by atoms with E-state index in [4.69, 9.17) is 4.74 Å². The van der Waals surface area contributed by atoms with E-state index < -0.39 is 5.82 Å². The van der Waals surface area contributed by atoms with Crippen LogP contribution < -0.4 is 10.1 Å². The predicted molar refractivity (Wildman–Crippen MR) is 77.9 cm³/mol. The summed E-state index contributed by atoms with van der Waals surface area (Å²) in [6.45, 7) is 0.0810. The summed E-state index contributed by atoms with van der Waals surface area (Å²) in [4.78, 5) is 12.3. The zero-order valence-corrected chi connectivity index (χ0v) is 12.3. The number of halogens is 1. The van der Waals surface area contributed by atoms with E-state index in [-0.39, 0.29) is 30.2 Å². The van der Waals surface area contributed by atoms with Crippen LogP contribution in [0.3, 0.4) is 0 Å². The van der Waals surface area contributed by atoms with Crippen molar-refractivity contribution in [3.05, 3.63) is 29.6 Å². The fraction of sp³-hybridized carbons (Fsp3) is 0.562. The second-order valence-corrected chi connectivity index (χ2v) is 5.51. The van der Waals surface area contributed by atoms with E-state index in [0.717, 1.165) is 32.1 Å². The van der Waals surface area contributed by atoms with Gasteiger partial charge in [-0.15, -0.1) is 0 Å². The summed E-state index contributed by atoms with van der Waals surface area (Å²) in [5.74, 6) is -0.587. The van der Waals surface area contributed by atoms with Crippen molar-refractivity contribution in [1.29, 1.82) is 0 Å². The van der Waals surface area contributed by atoms with Crippen LogP contribution in [0.5, 0.6) is 5.75 Å². The van der Waals surface area contributed by atoms with Crippen molar-refractivity contribution in [3.63, 3.8) is 0 Å². The third-order valence-corrected chi connectivity index (χ3v) is 4.12. The molecular weight excluding hydrogens is 273 g/mol. The van der Waals surface area contributed by atoms with Crippen molar-refractivity contribution in [2.45, 2.75) is 38.1 Å². The normalized spacial score (nSPS) is 22.4. The number of hydrogen-bond acceptors (Lipinski definition) is 3. The number of carbonyl (C=O) groups is 1. The average molecular weight is 295 g/mol. The highest BCUT2D eigenvalue weighted by atomic mass is 19.1. The molecule has 0 spiro atoms. The van der Waals surface area contributed by atoms with Gasteiger partial charge < -0.3 is 15.2 Å². The fourth-order valence-corrected chi connectivity index (χ4v) is 2.85. The summed E-state index contributed by atoms with van der Waals surface area (Å²) < 4.78 is 18.3. The molecule has 1 aliphatic rings. The van der Waals surface area contributed by atoms with Gasteiger partial charge >= 0.3 is 0 Å². The van der Waals surface area contributed by atoms with E-state index in [2.05, 4.69) is 5.32 Å². The number of hydrogen-bond donors (Lipinski definition) is 2.